The average Bonchev–Trinajstić information content (AvgIpc) is 3.42. The predicted octanol–water partition coefficient (Wildman–Crippen LogP) is 12.5. The van der Waals surface area contributed by atoms with Crippen molar-refractivity contribution in [1.29, 1.82) is 0 Å². The zero-order valence-corrected chi connectivity index (χ0v) is 25.4. The van der Waals surface area contributed by atoms with Crippen LogP contribution in [0.15, 0.2) is 130 Å². The quantitative estimate of drug-likeness (QED) is 0.145. The minimum Gasteiger partial charge on any atom is -0.454 e. The van der Waals surface area contributed by atoms with E-state index in [-0.39, 0.29) is 0 Å². The molecule has 0 unspecified atom stereocenters. The second-order valence-electron chi connectivity index (χ2n) is 11.5. The fourth-order valence-electron chi connectivity index (χ4n) is 7.28. The van der Waals surface area contributed by atoms with Crippen LogP contribution in [0.4, 0.5) is 17.1 Å². The molecule has 0 bridgehead atoms. The van der Waals surface area contributed by atoms with Gasteiger partial charge in [-0.15, -0.1) is 0 Å². The largest absolute Gasteiger partial charge is 0.454 e. The minimum atomic E-state index is 0.889. The third kappa shape index (κ3) is 3.40. The first-order valence-electron chi connectivity index (χ1n) is 14.6. The first kappa shape index (κ1) is 24.7. The molecule has 1 aromatic heterocycles. The number of aryl methyl sites for hydroxylation is 2. The number of fused-ring (bicyclic) bond motifs is 6. The summed E-state index contributed by atoms with van der Waals surface area (Å²) in [6.07, 6.45) is 0. The molecule has 0 spiro atoms. The van der Waals surface area contributed by atoms with Gasteiger partial charge in [0.2, 0.25) is 0 Å². The molecule has 3 heteroatoms. The topological polar surface area (TPSA) is 16.4 Å². The van der Waals surface area contributed by atoms with Crippen LogP contribution in [0.25, 0.3) is 65.0 Å². The first-order chi connectivity index (χ1) is 21.1. The van der Waals surface area contributed by atoms with Crippen LogP contribution in [0.2, 0.25) is 0 Å². The Kier molecular flexibility index (Phi) is 5.21. The molecule has 1 heterocycles. The Morgan fingerprint density at radius 2 is 1.14 bits per heavy atom. The van der Waals surface area contributed by atoms with E-state index < -0.39 is 0 Å². The van der Waals surface area contributed by atoms with Gasteiger partial charge < -0.3 is 9.32 Å². The highest BCUT2D eigenvalue weighted by molar-refractivity contribution is 9.10. The molecule has 0 aliphatic heterocycles. The molecule has 0 amide bonds. The Hall–Kier alpha value is -4.86. The molecule has 0 saturated carbocycles. The van der Waals surface area contributed by atoms with Crippen LogP contribution in [-0.2, 0) is 0 Å². The van der Waals surface area contributed by atoms with E-state index in [9.17, 15) is 0 Å². The molecule has 8 aromatic carbocycles. The third-order valence-corrected chi connectivity index (χ3v) is 9.71. The first-order valence-corrected chi connectivity index (χ1v) is 15.4. The third-order valence-electron chi connectivity index (χ3n) is 9.08. The second kappa shape index (κ2) is 9.07. The molecule has 2 nitrogen and oxygen atoms in total. The zero-order valence-electron chi connectivity index (χ0n) is 23.8. The molecule has 43 heavy (non-hydrogen) atoms. The smallest absolute Gasteiger partial charge is 0.159 e. The van der Waals surface area contributed by atoms with Crippen LogP contribution in [0.1, 0.15) is 11.1 Å². The van der Waals surface area contributed by atoms with E-state index in [1.165, 1.54) is 54.2 Å². The van der Waals surface area contributed by atoms with Gasteiger partial charge in [0.1, 0.15) is 5.58 Å². The number of halogens is 1. The van der Waals surface area contributed by atoms with Gasteiger partial charge in [-0.1, -0.05) is 101 Å². The van der Waals surface area contributed by atoms with E-state index in [0.717, 1.165) is 43.5 Å². The number of para-hydroxylation sites is 3. The van der Waals surface area contributed by atoms with E-state index >= 15 is 0 Å². The minimum absolute atomic E-state index is 0.889. The van der Waals surface area contributed by atoms with Gasteiger partial charge in [-0.05, 0) is 88.3 Å². The number of hydrogen-bond donors (Lipinski definition) is 0. The van der Waals surface area contributed by atoms with Gasteiger partial charge in [-0.3, -0.25) is 0 Å². The van der Waals surface area contributed by atoms with Crippen molar-refractivity contribution in [1.82, 2.24) is 0 Å². The van der Waals surface area contributed by atoms with Crippen LogP contribution in [0.3, 0.4) is 0 Å². The molecule has 9 aromatic rings. The molecule has 0 saturated heterocycles. The van der Waals surface area contributed by atoms with Gasteiger partial charge in [0.15, 0.2) is 5.58 Å². The second-order valence-corrected chi connectivity index (χ2v) is 12.4. The Morgan fingerprint density at radius 3 is 1.95 bits per heavy atom. The molecule has 0 aliphatic rings. The van der Waals surface area contributed by atoms with E-state index in [0.29, 0.717) is 0 Å². The van der Waals surface area contributed by atoms with E-state index in [2.05, 4.69) is 150 Å². The van der Waals surface area contributed by atoms with Crippen LogP contribution in [0, 0.1) is 13.8 Å². The Bertz CT molecular complexity index is 2540. The maximum absolute atomic E-state index is 6.60. The highest BCUT2D eigenvalue weighted by Crippen LogP contribution is 2.51. The van der Waals surface area contributed by atoms with Gasteiger partial charge >= 0.3 is 0 Å². The van der Waals surface area contributed by atoms with Crippen molar-refractivity contribution in [2.75, 3.05) is 4.90 Å². The number of rotatable bonds is 3. The van der Waals surface area contributed by atoms with Crippen LogP contribution < -0.4 is 4.90 Å². The van der Waals surface area contributed by atoms with Gasteiger partial charge in [0.05, 0.1) is 11.4 Å². The maximum atomic E-state index is 6.60. The molecule has 0 radical (unpaired) electrons. The van der Waals surface area contributed by atoms with E-state index in [1.54, 1.807) is 0 Å². The molecule has 0 atom stereocenters. The molecule has 0 N–H and O–H groups in total. The van der Waals surface area contributed by atoms with Crippen LogP contribution >= 0.6 is 15.9 Å². The normalized spacial score (nSPS) is 12.1. The van der Waals surface area contributed by atoms with E-state index in [4.69, 9.17) is 4.42 Å². The summed E-state index contributed by atoms with van der Waals surface area (Å²) in [5.41, 5.74) is 7.57. The van der Waals surface area contributed by atoms with Gasteiger partial charge in [0.25, 0.3) is 0 Å². The molecular weight excluding hydrogens is 590 g/mol. The number of nitrogens with zero attached hydrogens (tertiary/aromatic N) is 1. The van der Waals surface area contributed by atoms with Gasteiger partial charge in [-0.25, -0.2) is 0 Å². The molecule has 0 fully saturated rings. The predicted molar refractivity (Wildman–Crippen MR) is 187 cm³/mol. The molecule has 0 aliphatic carbocycles. The summed E-state index contributed by atoms with van der Waals surface area (Å²) >= 11 is 3.97. The highest BCUT2D eigenvalue weighted by Gasteiger charge is 2.25. The van der Waals surface area contributed by atoms with Gasteiger partial charge in [0, 0.05) is 37.1 Å². The summed E-state index contributed by atoms with van der Waals surface area (Å²) < 4.78 is 7.74. The lowest BCUT2D eigenvalue weighted by Crippen LogP contribution is -2.11. The van der Waals surface area contributed by atoms with Crippen molar-refractivity contribution in [2.45, 2.75) is 13.8 Å². The van der Waals surface area contributed by atoms with Crippen molar-refractivity contribution >= 4 is 98.0 Å². The zero-order chi connectivity index (χ0) is 28.8. The van der Waals surface area contributed by atoms with Crippen molar-refractivity contribution in [3.05, 3.63) is 137 Å². The van der Waals surface area contributed by atoms with Crippen LogP contribution in [0.5, 0.6) is 0 Å². The molecule has 204 valence electrons. The van der Waals surface area contributed by atoms with Gasteiger partial charge in [-0.2, -0.15) is 0 Å². The van der Waals surface area contributed by atoms with Crippen molar-refractivity contribution in [2.24, 2.45) is 0 Å². The monoisotopic (exact) mass is 615 g/mol. The fourth-order valence-corrected chi connectivity index (χ4v) is 8.04. The summed E-state index contributed by atoms with van der Waals surface area (Å²) in [6, 6.07) is 43.6. The Balaban J connectivity index is 1.48. The Labute approximate surface area is 257 Å². The highest BCUT2D eigenvalue weighted by atomic mass is 79.9. The Morgan fingerprint density at radius 1 is 0.488 bits per heavy atom. The SMILES string of the molecule is Cc1cc(Br)c2c3ccccc3c3c(C)cc(N(c4ccccc4)c4cccc5c4oc4ccccc45)c4ccc1c2c43. The lowest BCUT2D eigenvalue weighted by atomic mass is 9.85. The number of anilines is 3. The van der Waals surface area contributed by atoms with Crippen molar-refractivity contribution in [3.63, 3.8) is 0 Å². The summed E-state index contributed by atoms with van der Waals surface area (Å²) in [4.78, 5) is 2.38. The number of hydrogen-bond acceptors (Lipinski definition) is 2. The summed E-state index contributed by atoms with van der Waals surface area (Å²) in [7, 11) is 0. The summed E-state index contributed by atoms with van der Waals surface area (Å²) in [5.74, 6) is 0. The summed E-state index contributed by atoms with van der Waals surface area (Å²) in [5, 5.41) is 12.5. The van der Waals surface area contributed by atoms with Crippen molar-refractivity contribution in [3.8, 4) is 0 Å². The molecular formula is C40H26BrNO. The van der Waals surface area contributed by atoms with Crippen LogP contribution in [-0.4, -0.2) is 0 Å². The lowest BCUT2D eigenvalue weighted by Gasteiger charge is -2.29. The summed E-state index contributed by atoms with van der Waals surface area (Å²) in [6.45, 7) is 4.47. The van der Waals surface area contributed by atoms with Crippen molar-refractivity contribution < 1.29 is 4.42 Å². The number of benzene rings is 8. The average molecular weight is 617 g/mol. The fraction of sp³-hybridized carbons (Fsp3) is 0.0500. The maximum Gasteiger partial charge on any atom is 0.159 e. The number of furan rings is 1. The molecule has 9 rings (SSSR count). The lowest BCUT2D eigenvalue weighted by molar-refractivity contribution is 0.669. The van der Waals surface area contributed by atoms with E-state index in [1.807, 2.05) is 6.07 Å². The standard InChI is InChI=1S/C40H26BrNO/c1-23-21-32(41)37-29-15-7-6-14-28(29)36-24(2)22-34(31-20-19-26(23)38(37)39(31)36)42(25-11-4-3-5-12-25)33-17-10-16-30-27-13-8-9-18-35(27)43-40(30)33/h3-22H,1-2H3.